The minimum atomic E-state index is -0.819. The molecule has 0 aliphatic heterocycles. The van der Waals surface area contributed by atoms with Crippen LogP contribution in [-0.2, 0) is 0 Å². The Bertz CT molecular complexity index is 297. The molecule has 68 valence electrons. The first-order valence-corrected chi connectivity index (χ1v) is 4.09. The Kier molecular flexibility index (Phi) is 4.00. The van der Waals surface area contributed by atoms with E-state index in [9.17, 15) is 0 Å². The van der Waals surface area contributed by atoms with Crippen molar-refractivity contribution >= 4 is 6.08 Å². The quantitative estimate of drug-likeness (QED) is 0.679. The summed E-state index contributed by atoms with van der Waals surface area (Å²) in [7, 11) is 0. The molecule has 0 amide bonds. The van der Waals surface area contributed by atoms with Crippen molar-refractivity contribution in [3.8, 4) is 0 Å². The third kappa shape index (κ3) is 3.72. The van der Waals surface area contributed by atoms with Crippen LogP contribution in [0.1, 0.15) is 5.56 Å². The van der Waals surface area contributed by atoms with Crippen LogP contribution in [0.25, 0.3) is 6.08 Å². The highest BCUT2D eigenvalue weighted by atomic mass is 16.3. The lowest BCUT2D eigenvalue weighted by molar-refractivity contribution is 0.131. The molecule has 0 aromatic heterocycles. The highest BCUT2D eigenvalue weighted by Gasteiger charge is 1.90. The van der Waals surface area contributed by atoms with Crippen molar-refractivity contribution in [3.63, 3.8) is 0 Å². The number of hydrogen-bond donors (Lipinski definition) is 2. The first-order chi connectivity index (χ1) is 6.33. The molecule has 0 saturated carbocycles. The standard InChI is InChI=1S/C11H12O2/c12-9-11(13)8-4-7-10-5-2-1-3-6-10/h1-3,5-8,11-13H,9H2. The van der Waals surface area contributed by atoms with E-state index in [1.165, 1.54) is 6.08 Å². The second kappa shape index (κ2) is 5.33. The van der Waals surface area contributed by atoms with Gasteiger partial charge in [-0.25, -0.2) is 0 Å². The number of aliphatic hydroxyl groups excluding tert-OH is 2. The molecule has 2 heteroatoms. The van der Waals surface area contributed by atoms with Crippen molar-refractivity contribution in [2.75, 3.05) is 6.61 Å². The minimum absolute atomic E-state index is 0.268. The second-order valence-electron chi connectivity index (χ2n) is 2.64. The molecule has 0 radical (unpaired) electrons. The lowest BCUT2D eigenvalue weighted by atomic mass is 10.2. The topological polar surface area (TPSA) is 40.5 Å². The fourth-order valence-electron chi connectivity index (χ4n) is 0.857. The van der Waals surface area contributed by atoms with E-state index in [2.05, 4.69) is 5.73 Å². The summed E-state index contributed by atoms with van der Waals surface area (Å²) >= 11 is 0. The van der Waals surface area contributed by atoms with Crippen LogP contribution in [0, 0.1) is 0 Å². The smallest absolute Gasteiger partial charge is 0.102 e. The monoisotopic (exact) mass is 176 g/mol. The van der Waals surface area contributed by atoms with E-state index in [1.807, 2.05) is 30.3 Å². The van der Waals surface area contributed by atoms with Gasteiger partial charge in [0, 0.05) is 0 Å². The lowest BCUT2D eigenvalue weighted by Gasteiger charge is -1.94. The Morgan fingerprint density at radius 1 is 1.31 bits per heavy atom. The van der Waals surface area contributed by atoms with Gasteiger partial charge < -0.3 is 10.2 Å². The molecule has 0 bridgehead atoms. The molecule has 1 aromatic rings. The van der Waals surface area contributed by atoms with Crippen LogP contribution >= 0.6 is 0 Å². The van der Waals surface area contributed by atoms with Crippen molar-refractivity contribution in [2.45, 2.75) is 6.10 Å². The molecule has 1 aromatic carbocycles. The van der Waals surface area contributed by atoms with Crippen LogP contribution < -0.4 is 0 Å². The van der Waals surface area contributed by atoms with Gasteiger partial charge in [0.15, 0.2) is 0 Å². The summed E-state index contributed by atoms with van der Waals surface area (Å²) in [6.45, 7) is -0.268. The predicted octanol–water partition coefficient (Wildman–Crippen LogP) is 1.21. The molecule has 0 aliphatic rings. The Balaban J connectivity index is 2.63. The molecular formula is C11H12O2. The third-order valence-electron chi connectivity index (χ3n) is 1.53. The van der Waals surface area contributed by atoms with E-state index in [1.54, 1.807) is 6.08 Å². The molecule has 1 unspecified atom stereocenters. The van der Waals surface area contributed by atoms with E-state index in [-0.39, 0.29) is 6.61 Å². The van der Waals surface area contributed by atoms with Crippen molar-refractivity contribution < 1.29 is 10.2 Å². The molecule has 0 spiro atoms. The van der Waals surface area contributed by atoms with Gasteiger partial charge in [-0.3, -0.25) is 0 Å². The van der Waals surface area contributed by atoms with Crippen molar-refractivity contribution in [2.24, 2.45) is 0 Å². The molecule has 0 heterocycles. The number of hydrogen-bond acceptors (Lipinski definition) is 2. The zero-order valence-corrected chi connectivity index (χ0v) is 7.22. The highest BCUT2D eigenvalue weighted by Crippen LogP contribution is 1.99. The summed E-state index contributed by atoms with van der Waals surface area (Å²) < 4.78 is 0. The van der Waals surface area contributed by atoms with E-state index in [4.69, 9.17) is 10.2 Å². The van der Waals surface area contributed by atoms with Crippen LogP contribution in [0.2, 0.25) is 0 Å². The Morgan fingerprint density at radius 3 is 2.62 bits per heavy atom. The maximum atomic E-state index is 8.95. The van der Waals surface area contributed by atoms with Crippen molar-refractivity contribution in [3.05, 3.63) is 47.7 Å². The minimum Gasteiger partial charge on any atom is -0.393 e. The molecular weight excluding hydrogens is 164 g/mol. The van der Waals surface area contributed by atoms with E-state index < -0.39 is 6.10 Å². The number of benzene rings is 1. The van der Waals surface area contributed by atoms with Crippen LogP contribution in [0.5, 0.6) is 0 Å². The van der Waals surface area contributed by atoms with E-state index in [0.29, 0.717) is 0 Å². The largest absolute Gasteiger partial charge is 0.393 e. The van der Waals surface area contributed by atoms with Gasteiger partial charge in [0.1, 0.15) is 6.10 Å². The average molecular weight is 176 g/mol. The third-order valence-corrected chi connectivity index (χ3v) is 1.53. The van der Waals surface area contributed by atoms with Gasteiger partial charge in [-0.05, 0) is 17.7 Å². The number of aliphatic hydroxyl groups is 2. The van der Waals surface area contributed by atoms with E-state index in [0.717, 1.165) is 5.56 Å². The summed E-state index contributed by atoms with van der Waals surface area (Å²) in [6.07, 6.45) is 2.35. The van der Waals surface area contributed by atoms with Gasteiger partial charge in [-0.15, -0.1) is 5.73 Å². The van der Waals surface area contributed by atoms with Crippen LogP contribution in [0.4, 0.5) is 0 Å². The maximum absolute atomic E-state index is 8.95. The molecule has 1 atom stereocenters. The molecule has 2 nitrogen and oxygen atoms in total. The fourth-order valence-corrected chi connectivity index (χ4v) is 0.857. The summed E-state index contributed by atoms with van der Waals surface area (Å²) in [6, 6.07) is 9.66. The first kappa shape index (κ1) is 9.75. The predicted molar refractivity (Wildman–Crippen MR) is 52.1 cm³/mol. The molecule has 0 fully saturated rings. The van der Waals surface area contributed by atoms with Gasteiger partial charge in [-0.1, -0.05) is 30.3 Å². The average Bonchev–Trinajstić information content (AvgIpc) is 2.19. The van der Waals surface area contributed by atoms with Gasteiger partial charge in [0.25, 0.3) is 0 Å². The molecule has 13 heavy (non-hydrogen) atoms. The van der Waals surface area contributed by atoms with Crippen LogP contribution in [0.15, 0.2) is 42.1 Å². The first-order valence-electron chi connectivity index (χ1n) is 4.09. The molecule has 2 N–H and O–H groups in total. The van der Waals surface area contributed by atoms with Crippen molar-refractivity contribution in [1.29, 1.82) is 0 Å². The molecule has 1 rings (SSSR count). The lowest BCUT2D eigenvalue weighted by Crippen LogP contribution is -2.06. The Morgan fingerprint density at radius 2 is 2.00 bits per heavy atom. The van der Waals surface area contributed by atoms with Crippen LogP contribution in [0.3, 0.4) is 0 Å². The second-order valence-corrected chi connectivity index (χ2v) is 2.64. The van der Waals surface area contributed by atoms with Gasteiger partial charge in [0.05, 0.1) is 6.61 Å². The van der Waals surface area contributed by atoms with Gasteiger partial charge >= 0.3 is 0 Å². The fraction of sp³-hybridized carbons (Fsp3) is 0.182. The van der Waals surface area contributed by atoms with Gasteiger partial charge in [-0.2, -0.15) is 0 Å². The summed E-state index contributed by atoms with van der Waals surface area (Å²) in [4.78, 5) is 0. The maximum Gasteiger partial charge on any atom is 0.102 e. The summed E-state index contributed by atoms with van der Waals surface area (Å²) in [5.74, 6) is 0. The number of rotatable bonds is 3. The summed E-state index contributed by atoms with van der Waals surface area (Å²) in [5, 5.41) is 17.4. The van der Waals surface area contributed by atoms with E-state index >= 15 is 0 Å². The Hall–Kier alpha value is -1.34. The highest BCUT2D eigenvalue weighted by molar-refractivity contribution is 5.48. The molecule has 0 aliphatic carbocycles. The van der Waals surface area contributed by atoms with Crippen LogP contribution in [-0.4, -0.2) is 22.9 Å². The zero-order chi connectivity index (χ0) is 9.52. The zero-order valence-electron chi connectivity index (χ0n) is 7.22. The van der Waals surface area contributed by atoms with Crippen molar-refractivity contribution in [1.82, 2.24) is 0 Å². The molecule has 0 saturated heterocycles. The normalized spacial score (nSPS) is 11.5. The van der Waals surface area contributed by atoms with Gasteiger partial charge in [0.2, 0.25) is 0 Å². The Labute approximate surface area is 77.5 Å². The SMILES string of the molecule is OCC(O)C=C=Cc1ccccc1. The summed E-state index contributed by atoms with van der Waals surface area (Å²) in [5.41, 5.74) is 3.81.